The highest BCUT2D eigenvalue weighted by molar-refractivity contribution is 7.81. The van der Waals surface area contributed by atoms with Crippen LogP contribution in [0.2, 0.25) is 0 Å². The normalized spacial score (nSPS) is 17.2. The zero-order valence-corrected chi connectivity index (χ0v) is 34.6. The molecule has 3 aliphatic rings. The zero-order valence-electron chi connectivity index (χ0n) is 33.8. The highest BCUT2D eigenvalue weighted by Crippen LogP contribution is 2.44. The van der Waals surface area contributed by atoms with Gasteiger partial charge >= 0.3 is 12.4 Å². The minimum atomic E-state index is -5.35. The van der Waals surface area contributed by atoms with Gasteiger partial charge in [0.2, 0.25) is 11.8 Å². The lowest BCUT2D eigenvalue weighted by Crippen LogP contribution is -2.54. The van der Waals surface area contributed by atoms with E-state index in [0.29, 0.717) is 23.1 Å². The second kappa shape index (κ2) is 17.1. The van der Waals surface area contributed by atoms with E-state index in [1.165, 1.54) is 38.1 Å². The number of carbonyl (C=O) groups is 6. The molecule has 1 aromatic heterocycles. The number of carbonyl (C=O) groups excluding carboxylic acids is 6. The average Bonchev–Trinajstić information content (AvgIpc) is 3.59. The van der Waals surface area contributed by atoms with Gasteiger partial charge in [-0.3, -0.25) is 48.9 Å². The van der Waals surface area contributed by atoms with Gasteiger partial charge in [0.05, 0.1) is 52.4 Å². The Bertz CT molecular complexity index is 2830. The largest absolute Gasteiger partial charge is 0.492 e. The number of hydrogen-bond donors (Lipinski definition) is 2. The van der Waals surface area contributed by atoms with Crippen molar-refractivity contribution < 1.29 is 73.4 Å². The van der Waals surface area contributed by atoms with Gasteiger partial charge in [0, 0.05) is 18.1 Å². The number of thiocarbonyl (C=S) groups is 1. The number of rotatable bonds is 11. The Hall–Kier alpha value is -7.55. The number of fused-ring (bicyclic) bond motifs is 1. The molecule has 0 bridgehead atoms. The van der Waals surface area contributed by atoms with Crippen molar-refractivity contribution in [3.05, 3.63) is 100 Å². The van der Waals surface area contributed by atoms with Crippen LogP contribution in [0.3, 0.4) is 0 Å². The Balaban J connectivity index is 1.01. The first-order chi connectivity index (χ1) is 31.0. The van der Waals surface area contributed by atoms with Crippen molar-refractivity contribution >= 4 is 64.1 Å². The van der Waals surface area contributed by atoms with E-state index in [-0.39, 0.29) is 54.3 Å². The number of nitrogens with zero attached hydrogens (tertiary/aromatic N) is 5. The van der Waals surface area contributed by atoms with Gasteiger partial charge in [0.1, 0.15) is 40.9 Å². The molecule has 24 heteroatoms. The molecule has 6 amide bonds. The van der Waals surface area contributed by atoms with Crippen molar-refractivity contribution in [1.82, 2.24) is 20.5 Å². The molecule has 3 aromatic carbocycles. The van der Waals surface area contributed by atoms with Gasteiger partial charge in [0.15, 0.2) is 23.4 Å². The summed E-state index contributed by atoms with van der Waals surface area (Å²) >= 11 is 5.34. The lowest BCUT2D eigenvalue weighted by molar-refractivity contribution is -0.140. The minimum absolute atomic E-state index is 0.0825. The Morgan fingerprint density at radius 1 is 0.970 bits per heavy atom. The molecule has 0 saturated carbocycles. The predicted octanol–water partition coefficient (Wildman–Crippen LogP) is 5.83. The molecule has 1 unspecified atom stereocenters. The fraction of sp³-hybridized carbons (Fsp3) is 0.262. The summed E-state index contributed by atoms with van der Waals surface area (Å²) in [6, 6.07) is 8.56. The standard InChI is InChI=1S/C42H29F8N7O8S/c1-40(2)38(63)56(26-9-6-19(16-51)32(33(26)44)42(48,49)50)39(66)57(40)20-14-25(43)34(53-17-20)22-8-7-21(15-24(22)41(45,46)47)64-13-12-52-30(59)18-65-28-5-3-4-23-31(28)37(62)55(36(23)61)27-10-11-29(58)54-35(27)60/h3-9,14-15,17,27H,10-13,18H2,1-2H3,(H,52,59)(H,54,58,60). The fourth-order valence-corrected chi connectivity index (χ4v) is 8.02. The number of amides is 6. The van der Waals surface area contributed by atoms with Crippen molar-refractivity contribution in [2.24, 2.45) is 0 Å². The Morgan fingerprint density at radius 3 is 2.35 bits per heavy atom. The second-order valence-electron chi connectivity index (χ2n) is 15.1. The van der Waals surface area contributed by atoms with Crippen molar-refractivity contribution in [2.45, 2.75) is 50.6 Å². The van der Waals surface area contributed by atoms with E-state index in [1.807, 2.05) is 0 Å². The van der Waals surface area contributed by atoms with Gasteiger partial charge in [-0.25, -0.2) is 8.78 Å². The van der Waals surface area contributed by atoms with E-state index in [2.05, 4.69) is 15.6 Å². The summed E-state index contributed by atoms with van der Waals surface area (Å²) in [7, 11) is 0. The molecule has 342 valence electrons. The molecular formula is C42H29F8N7O8S. The number of benzene rings is 3. The average molecular weight is 944 g/mol. The van der Waals surface area contributed by atoms with Crippen molar-refractivity contribution in [2.75, 3.05) is 29.6 Å². The molecule has 2 N–H and O–H groups in total. The number of nitriles is 1. The number of piperidine rings is 1. The number of aromatic nitrogens is 1. The number of halogens is 8. The first-order valence-corrected chi connectivity index (χ1v) is 19.6. The molecule has 66 heavy (non-hydrogen) atoms. The van der Waals surface area contributed by atoms with E-state index >= 15 is 8.78 Å². The first kappa shape index (κ1) is 46.4. The van der Waals surface area contributed by atoms with Gasteiger partial charge in [-0.05, 0) is 75.0 Å². The summed E-state index contributed by atoms with van der Waals surface area (Å²) in [5.41, 5.74) is -9.40. The van der Waals surface area contributed by atoms with Crippen LogP contribution in [-0.4, -0.2) is 81.8 Å². The number of hydrogen-bond acceptors (Lipinski definition) is 11. The molecular weight excluding hydrogens is 915 g/mol. The maximum Gasteiger partial charge on any atom is 0.420 e. The van der Waals surface area contributed by atoms with Crippen LogP contribution in [0.1, 0.15) is 64.1 Å². The number of alkyl halides is 6. The zero-order chi connectivity index (χ0) is 48.2. The molecule has 7 rings (SSSR count). The first-order valence-electron chi connectivity index (χ1n) is 19.2. The van der Waals surface area contributed by atoms with Crippen LogP contribution in [0.15, 0.2) is 60.8 Å². The third kappa shape index (κ3) is 8.32. The monoisotopic (exact) mass is 943 g/mol. The summed E-state index contributed by atoms with van der Waals surface area (Å²) < 4.78 is 127. The van der Waals surface area contributed by atoms with Crippen LogP contribution in [0.4, 0.5) is 46.5 Å². The molecule has 0 spiro atoms. The summed E-state index contributed by atoms with van der Waals surface area (Å²) in [4.78, 5) is 82.3. The van der Waals surface area contributed by atoms with E-state index in [4.69, 9.17) is 27.0 Å². The molecule has 3 aliphatic heterocycles. The van der Waals surface area contributed by atoms with Gasteiger partial charge < -0.3 is 19.7 Å². The lowest BCUT2D eigenvalue weighted by atomic mass is 10.0. The molecule has 0 radical (unpaired) electrons. The minimum Gasteiger partial charge on any atom is -0.492 e. The van der Waals surface area contributed by atoms with Crippen LogP contribution in [0.5, 0.6) is 11.5 Å². The smallest absolute Gasteiger partial charge is 0.420 e. The maximum absolute atomic E-state index is 15.8. The van der Waals surface area contributed by atoms with Crippen molar-refractivity contribution in [3.8, 4) is 28.8 Å². The number of anilines is 2. The molecule has 0 aliphatic carbocycles. The molecule has 15 nitrogen and oxygen atoms in total. The lowest BCUT2D eigenvalue weighted by Gasteiger charge is -2.29. The summed E-state index contributed by atoms with van der Waals surface area (Å²) in [6.07, 6.45) is -9.78. The van der Waals surface area contributed by atoms with Gasteiger partial charge in [-0.1, -0.05) is 6.07 Å². The Labute approximate surface area is 371 Å². The number of ether oxygens (including phenoxy) is 2. The highest BCUT2D eigenvalue weighted by Gasteiger charge is 2.52. The van der Waals surface area contributed by atoms with E-state index in [9.17, 15) is 55.1 Å². The summed E-state index contributed by atoms with van der Waals surface area (Å²) in [5.74, 6) is -8.72. The van der Waals surface area contributed by atoms with E-state index in [0.717, 1.165) is 34.2 Å². The topological polar surface area (TPSA) is 191 Å². The van der Waals surface area contributed by atoms with E-state index in [1.54, 1.807) is 0 Å². The van der Waals surface area contributed by atoms with Crippen LogP contribution in [0, 0.1) is 23.0 Å². The quantitative estimate of drug-likeness (QED) is 0.0794. The van der Waals surface area contributed by atoms with Crippen LogP contribution in [-0.2, 0) is 31.5 Å². The van der Waals surface area contributed by atoms with Crippen molar-refractivity contribution in [3.63, 3.8) is 0 Å². The molecule has 2 fully saturated rings. The molecule has 4 aromatic rings. The predicted molar refractivity (Wildman–Crippen MR) is 215 cm³/mol. The third-order valence-electron chi connectivity index (χ3n) is 10.6. The fourth-order valence-electron chi connectivity index (χ4n) is 7.51. The Kier molecular flexibility index (Phi) is 12.0. The van der Waals surface area contributed by atoms with Gasteiger partial charge in [-0.15, -0.1) is 0 Å². The van der Waals surface area contributed by atoms with E-state index < -0.39 is 116 Å². The maximum atomic E-state index is 15.8. The number of pyridine rings is 1. The Morgan fingerprint density at radius 2 is 1.70 bits per heavy atom. The summed E-state index contributed by atoms with van der Waals surface area (Å²) in [6.45, 7) is 1.11. The van der Waals surface area contributed by atoms with Gasteiger partial charge in [0.25, 0.3) is 23.6 Å². The summed E-state index contributed by atoms with van der Waals surface area (Å²) in [5, 5.41) is 13.0. The number of nitrogens with one attached hydrogen (secondary N) is 2. The SMILES string of the molecule is CC1(C)C(=O)N(c2ccc(C#N)c(C(F)(F)F)c2F)C(=S)N1c1cnc(-c2ccc(OCCNC(=O)COc3cccc4c3C(=O)N(C3CCC(=O)NC3=O)C4=O)cc2C(F)(F)F)c(F)c1. The number of imide groups is 2. The molecule has 2 saturated heterocycles. The van der Waals surface area contributed by atoms with Crippen LogP contribution in [0.25, 0.3) is 11.3 Å². The van der Waals surface area contributed by atoms with Crippen LogP contribution < -0.4 is 29.9 Å². The second-order valence-corrected chi connectivity index (χ2v) is 15.5. The molecule has 1 atom stereocenters. The van der Waals surface area contributed by atoms with Gasteiger partial charge in [-0.2, -0.15) is 31.6 Å². The van der Waals surface area contributed by atoms with Crippen LogP contribution >= 0.6 is 12.2 Å². The van der Waals surface area contributed by atoms with Crippen molar-refractivity contribution in [1.29, 1.82) is 5.26 Å². The third-order valence-corrected chi connectivity index (χ3v) is 10.9. The molecule has 4 heterocycles. The highest BCUT2D eigenvalue weighted by atomic mass is 32.1.